The van der Waals surface area contributed by atoms with Crippen LogP contribution in [0.25, 0.3) is 0 Å². The molecule has 0 unspecified atom stereocenters. The molecule has 0 heterocycles. The van der Waals surface area contributed by atoms with Crippen molar-refractivity contribution in [2.24, 2.45) is 0 Å². The molecule has 18 heavy (non-hydrogen) atoms. The maximum absolute atomic E-state index is 13.1. The maximum atomic E-state index is 13.1. The van der Waals surface area contributed by atoms with Gasteiger partial charge in [-0.2, -0.15) is 0 Å². The Hall–Kier alpha value is -0.690. The molecule has 1 rings (SSSR count). The van der Waals surface area contributed by atoms with E-state index in [0.29, 0.717) is 6.61 Å². The van der Waals surface area contributed by atoms with Gasteiger partial charge >= 0.3 is 5.69 Å². The summed E-state index contributed by atoms with van der Waals surface area (Å²) in [6.45, 7) is 0.373. The van der Waals surface area contributed by atoms with Crippen molar-refractivity contribution in [2.45, 2.75) is 19.3 Å². The van der Waals surface area contributed by atoms with Gasteiger partial charge in [0.25, 0.3) is 0 Å². The third kappa shape index (κ3) is 4.53. The molecular formula is C11H12Br2FNO3. The number of halogens is 3. The number of rotatable bonds is 7. The van der Waals surface area contributed by atoms with E-state index in [9.17, 15) is 14.5 Å². The molecule has 0 atom stereocenters. The number of benzene rings is 1. The fourth-order valence-corrected chi connectivity index (χ4v) is 2.31. The van der Waals surface area contributed by atoms with Crippen molar-refractivity contribution < 1.29 is 14.1 Å². The van der Waals surface area contributed by atoms with Gasteiger partial charge in [-0.15, -0.1) is 0 Å². The number of nitrogens with zero attached hydrogens (tertiary/aromatic N) is 1. The lowest BCUT2D eigenvalue weighted by molar-refractivity contribution is -0.386. The molecule has 0 aromatic heterocycles. The van der Waals surface area contributed by atoms with Gasteiger partial charge in [0, 0.05) is 5.33 Å². The molecule has 7 heteroatoms. The van der Waals surface area contributed by atoms with Crippen molar-refractivity contribution in [3.8, 4) is 5.75 Å². The predicted molar refractivity (Wildman–Crippen MR) is 73.9 cm³/mol. The molecule has 0 bridgehead atoms. The molecule has 0 fully saturated rings. The molecule has 0 aliphatic carbocycles. The quantitative estimate of drug-likeness (QED) is 0.302. The van der Waals surface area contributed by atoms with Crippen LogP contribution in [0.15, 0.2) is 16.6 Å². The highest BCUT2D eigenvalue weighted by molar-refractivity contribution is 9.10. The van der Waals surface area contributed by atoms with Crippen molar-refractivity contribution in [2.75, 3.05) is 11.9 Å². The standard InChI is InChI=1S/C11H12Br2FNO3/c12-4-2-1-3-5-18-11-9(13)6-8(14)7-10(11)15(16)17/h6-7H,1-5H2. The first kappa shape index (κ1) is 15.4. The van der Waals surface area contributed by atoms with Gasteiger partial charge in [0.1, 0.15) is 5.82 Å². The highest BCUT2D eigenvalue weighted by Gasteiger charge is 2.20. The summed E-state index contributed by atoms with van der Waals surface area (Å²) in [6.07, 6.45) is 2.79. The smallest absolute Gasteiger partial charge is 0.315 e. The van der Waals surface area contributed by atoms with E-state index in [1.165, 1.54) is 0 Å². The minimum atomic E-state index is -0.666. The average molecular weight is 385 g/mol. The van der Waals surface area contributed by atoms with Crippen molar-refractivity contribution in [1.29, 1.82) is 0 Å². The lowest BCUT2D eigenvalue weighted by Crippen LogP contribution is -2.02. The minimum absolute atomic E-state index is 0.0836. The molecule has 0 amide bonds. The van der Waals surface area contributed by atoms with Crippen LogP contribution in [0.2, 0.25) is 0 Å². The second-order valence-electron chi connectivity index (χ2n) is 3.59. The molecule has 0 saturated carbocycles. The number of alkyl halides is 1. The fourth-order valence-electron chi connectivity index (χ4n) is 1.37. The molecule has 0 aliphatic heterocycles. The van der Waals surface area contributed by atoms with Gasteiger partial charge in [0.2, 0.25) is 5.75 Å². The lowest BCUT2D eigenvalue weighted by Gasteiger charge is -2.08. The predicted octanol–water partition coefficient (Wildman–Crippen LogP) is 4.44. The van der Waals surface area contributed by atoms with Gasteiger partial charge < -0.3 is 4.74 Å². The van der Waals surface area contributed by atoms with Crippen LogP contribution in [0.5, 0.6) is 5.75 Å². The summed E-state index contributed by atoms with van der Waals surface area (Å²) < 4.78 is 18.7. The normalized spacial score (nSPS) is 10.4. The number of nitro benzene ring substituents is 1. The van der Waals surface area contributed by atoms with E-state index < -0.39 is 10.7 Å². The summed E-state index contributed by atoms with van der Waals surface area (Å²) in [7, 11) is 0. The minimum Gasteiger partial charge on any atom is -0.486 e. The first-order valence-electron chi connectivity index (χ1n) is 5.38. The van der Waals surface area contributed by atoms with Crippen LogP contribution in [0.1, 0.15) is 19.3 Å². The van der Waals surface area contributed by atoms with E-state index in [1.807, 2.05) is 0 Å². The first-order chi connectivity index (χ1) is 8.56. The van der Waals surface area contributed by atoms with Gasteiger partial charge in [-0.25, -0.2) is 4.39 Å². The molecule has 0 spiro atoms. The van der Waals surface area contributed by atoms with Crippen LogP contribution in [0, 0.1) is 15.9 Å². The summed E-state index contributed by atoms with van der Waals surface area (Å²) in [4.78, 5) is 10.1. The molecule has 0 N–H and O–H groups in total. The Morgan fingerprint density at radius 2 is 2.06 bits per heavy atom. The van der Waals surface area contributed by atoms with Gasteiger partial charge in [0.15, 0.2) is 0 Å². The largest absolute Gasteiger partial charge is 0.486 e. The van der Waals surface area contributed by atoms with Crippen LogP contribution < -0.4 is 4.74 Å². The summed E-state index contributed by atoms with van der Waals surface area (Å²) in [5, 5.41) is 11.7. The summed E-state index contributed by atoms with van der Waals surface area (Å²) in [5.41, 5.74) is -0.359. The Kier molecular flexibility index (Phi) is 6.56. The van der Waals surface area contributed by atoms with Crippen molar-refractivity contribution >= 4 is 37.5 Å². The third-order valence-corrected chi connectivity index (χ3v) is 3.36. The monoisotopic (exact) mass is 383 g/mol. The van der Waals surface area contributed by atoms with Crippen molar-refractivity contribution in [1.82, 2.24) is 0 Å². The number of ether oxygens (including phenoxy) is 1. The number of hydrogen-bond acceptors (Lipinski definition) is 3. The van der Waals surface area contributed by atoms with Gasteiger partial charge in [-0.05, 0) is 41.3 Å². The molecule has 1 aromatic carbocycles. The molecule has 0 saturated heterocycles. The fraction of sp³-hybridized carbons (Fsp3) is 0.455. The van der Waals surface area contributed by atoms with Gasteiger partial charge in [0.05, 0.1) is 22.1 Å². The molecular weight excluding hydrogens is 373 g/mol. The zero-order chi connectivity index (χ0) is 13.5. The average Bonchev–Trinajstić information content (AvgIpc) is 2.30. The molecule has 1 aromatic rings. The Morgan fingerprint density at radius 1 is 1.33 bits per heavy atom. The topological polar surface area (TPSA) is 52.4 Å². The SMILES string of the molecule is O=[N+]([O-])c1cc(F)cc(Br)c1OCCCCCBr. The molecule has 0 radical (unpaired) electrons. The number of hydrogen-bond donors (Lipinski definition) is 0. The van der Waals surface area contributed by atoms with Gasteiger partial charge in [-0.1, -0.05) is 15.9 Å². The molecule has 0 aliphatic rings. The Bertz CT molecular complexity index is 429. The van der Waals surface area contributed by atoms with E-state index in [2.05, 4.69) is 31.9 Å². The van der Waals surface area contributed by atoms with Crippen LogP contribution in [0.3, 0.4) is 0 Å². The van der Waals surface area contributed by atoms with Crippen LogP contribution >= 0.6 is 31.9 Å². The highest BCUT2D eigenvalue weighted by atomic mass is 79.9. The first-order valence-corrected chi connectivity index (χ1v) is 7.30. The zero-order valence-electron chi connectivity index (χ0n) is 9.50. The summed E-state index contributed by atoms with van der Waals surface area (Å²) in [6, 6.07) is 2.01. The number of nitro groups is 1. The number of unbranched alkanes of at least 4 members (excludes halogenated alkanes) is 2. The van der Waals surface area contributed by atoms with Crippen LogP contribution in [0.4, 0.5) is 10.1 Å². The van der Waals surface area contributed by atoms with Crippen LogP contribution in [-0.2, 0) is 0 Å². The van der Waals surface area contributed by atoms with E-state index in [-0.39, 0.29) is 15.9 Å². The lowest BCUT2D eigenvalue weighted by atomic mass is 10.2. The maximum Gasteiger partial charge on any atom is 0.315 e. The second kappa shape index (κ2) is 7.68. The van der Waals surface area contributed by atoms with E-state index >= 15 is 0 Å². The van der Waals surface area contributed by atoms with E-state index in [1.54, 1.807) is 0 Å². The van der Waals surface area contributed by atoms with Crippen LogP contribution in [-0.4, -0.2) is 16.9 Å². The van der Waals surface area contributed by atoms with Crippen molar-refractivity contribution in [3.63, 3.8) is 0 Å². The summed E-state index contributed by atoms with van der Waals surface area (Å²) in [5.74, 6) is -0.583. The molecule has 4 nitrogen and oxygen atoms in total. The molecule has 100 valence electrons. The van der Waals surface area contributed by atoms with E-state index in [0.717, 1.165) is 36.7 Å². The second-order valence-corrected chi connectivity index (χ2v) is 5.24. The highest BCUT2D eigenvalue weighted by Crippen LogP contribution is 2.36. The summed E-state index contributed by atoms with van der Waals surface area (Å²) >= 11 is 6.39. The Balaban J connectivity index is 2.71. The Morgan fingerprint density at radius 3 is 2.67 bits per heavy atom. The van der Waals surface area contributed by atoms with Gasteiger partial charge in [-0.3, -0.25) is 10.1 Å². The Labute approximate surface area is 121 Å². The van der Waals surface area contributed by atoms with E-state index in [4.69, 9.17) is 4.74 Å². The zero-order valence-corrected chi connectivity index (χ0v) is 12.7. The third-order valence-electron chi connectivity index (χ3n) is 2.21. The van der Waals surface area contributed by atoms with Crippen molar-refractivity contribution in [3.05, 3.63) is 32.5 Å².